The van der Waals surface area contributed by atoms with Crippen LogP contribution in [0, 0.1) is 17.6 Å². The molecular weight excluding hydrogens is 398 g/mol. The van der Waals surface area contributed by atoms with Crippen molar-refractivity contribution in [2.24, 2.45) is 5.92 Å². The van der Waals surface area contributed by atoms with Crippen LogP contribution in [-0.4, -0.2) is 41.4 Å². The summed E-state index contributed by atoms with van der Waals surface area (Å²) in [7, 11) is 0. The third-order valence-electron chi connectivity index (χ3n) is 5.72. The number of halogens is 2. The minimum absolute atomic E-state index is 0.0532. The summed E-state index contributed by atoms with van der Waals surface area (Å²) in [4.78, 5) is 49.9. The van der Waals surface area contributed by atoms with E-state index in [1.54, 1.807) is 0 Å². The normalized spacial score (nSPS) is 26.3. The van der Waals surface area contributed by atoms with E-state index in [-0.39, 0.29) is 17.5 Å². The molecule has 1 aliphatic carbocycles. The molecule has 3 rings (SSSR count). The van der Waals surface area contributed by atoms with Gasteiger partial charge in [0.25, 0.3) is 5.91 Å². The van der Waals surface area contributed by atoms with Crippen molar-refractivity contribution in [2.45, 2.75) is 51.1 Å². The van der Waals surface area contributed by atoms with Crippen LogP contribution >= 0.6 is 0 Å². The van der Waals surface area contributed by atoms with Gasteiger partial charge in [0.15, 0.2) is 0 Å². The van der Waals surface area contributed by atoms with Gasteiger partial charge >= 0.3 is 12.1 Å². The zero-order valence-electron chi connectivity index (χ0n) is 16.8. The lowest BCUT2D eigenvalue weighted by Crippen LogP contribution is -2.50. The molecule has 3 N–H and O–H groups in total. The van der Waals surface area contributed by atoms with Gasteiger partial charge in [0.05, 0.1) is 0 Å². The van der Waals surface area contributed by atoms with Gasteiger partial charge in [-0.25, -0.2) is 18.4 Å². The molecule has 6 amide bonds. The Labute approximate surface area is 172 Å². The van der Waals surface area contributed by atoms with Gasteiger partial charge in [-0.1, -0.05) is 19.8 Å². The molecule has 0 spiro atoms. The first kappa shape index (κ1) is 21.7. The number of benzene rings is 1. The van der Waals surface area contributed by atoms with Gasteiger partial charge in [-0.15, -0.1) is 0 Å². The minimum atomic E-state index is -1.87. The monoisotopic (exact) mass is 422 g/mol. The summed E-state index contributed by atoms with van der Waals surface area (Å²) in [6, 6.07) is 0.854. The molecule has 0 aromatic heterocycles. The molecule has 2 aliphatic rings. The van der Waals surface area contributed by atoms with Crippen LogP contribution in [0.5, 0.6) is 0 Å². The number of hydrogen-bond donors (Lipinski definition) is 3. The largest absolute Gasteiger partial charge is 0.335 e. The Hall–Kier alpha value is -3.04. The molecule has 0 bridgehead atoms. The summed E-state index contributed by atoms with van der Waals surface area (Å²) >= 11 is 0. The lowest BCUT2D eigenvalue weighted by molar-refractivity contribution is -0.134. The van der Waals surface area contributed by atoms with Gasteiger partial charge in [0.1, 0.15) is 23.7 Å². The van der Waals surface area contributed by atoms with Crippen LogP contribution in [0.3, 0.4) is 0 Å². The Morgan fingerprint density at radius 1 is 1.23 bits per heavy atom. The van der Waals surface area contributed by atoms with E-state index in [0.717, 1.165) is 43.9 Å². The highest BCUT2D eigenvalue weighted by molar-refractivity contribution is 6.10. The number of nitrogens with zero attached hydrogens (tertiary/aromatic N) is 1. The third kappa shape index (κ3) is 4.27. The Kier molecular flexibility index (Phi) is 6.04. The van der Waals surface area contributed by atoms with Crippen LogP contribution < -0.4 is 16.0 Å². The Bertz CT molecular complexity index is 894. The fraction of sp³-hybridized carbons (Fsp3) is 0.500. The average molecular weight is 422 g/mol. The van der Waals surface area contributed by atoms with Crippen LogP contribution in [0.25, 0.3) is 0 Å². The van der Waals surface area contributed by atoms with E-state index in [1.165, 1.54) is 6.92 Å². The molecule has 30 heavy (non-hydrogen) atoms. The first-order valence-electron chi connectivity index (χ1n) is 9.82. The van der Waals surface area contributed by atoms with Crippen molar-refractivity contribution in [2.75, 3.05) is 6.54 Å². The molecule has 3 unspecified atom stereocenters. The van der Waals surface area contributed by atoms with E-state index < -0.39 is 47.6 Å². The summed E-state index contributed by atoms with van der Waals surface area (Å²) in [5.74, 6) is -3.16. The van der Waals surface area contributed by atoms with Crippen LogP contribution in [0.1, 0.15) is 45.1 Å². The van der Waals surface area contributed by atoms with Crippen molar-refractivity contribution in [3.8, 4) is 0 Å². The quantitative estimate of drug-likeness (QED) is 0.646. The second kappa shape index (κ2) is 8.37. The van der Waals surface area contributed by atoms with Gasteiger partial charge in [-0.05, 0) is 43.9 Å². The van der Waals surface area contributed by atoms with E-state index in [4.69, 9.17) is 0 Å². The van der Waals surface area contributed by atoms with Crippen LogP contribution in [0.2, 0.25) is 0 Å². The predicted molar refractivity (Wildman–Crippen MR) is 102 cm³/mol. The van der Waals surface area contributed by atoms with Crippen molar-refractivity contribution in [1.82, 2.24) is 20.9 Å². The third-order valence-corrected chi connectivity index (χ3v) is 5.72. The average Bonchev–Trinajstić information content (AvgIpc) is 2.89. The second-order valence-corrected chi connectivity index (χ2v) is 7.96. The number of hydrogen-bond acceptors (Lipinski definition) is 4. The maximum absolute atomic E-state index is 14.2. The van der Waals surface area contributed by atoms with Crippen molar-refractivity contribution in [3.63, 3.8) is 0 Å². The second-order valence-electron chi connectivity index (χ2n) is 7.96. The van der Waals surface area contributed by atoms with Gasteiger partial charge in [-0.3, -0.25) is 19.8 Å². The van der Waals surface area contributed by atoms with E-state index in [1.807, 2.05) is 6.92 Å². The molecule has 1 aromatic carbocycles. The van der Waals surface area contributed by atoms with Crippen LogP contribution in [0.15, 0.2) is 18.2 Å². The molecule has 3 atom stereocenters. The van der Waals surface area contributed by atoms with E-state index in [0.29, 0.717) is 4.90 Å². The first-order chi connectivity index (χ1) is 14.1. The number of amides is 6. The summed E-state index contributed by atoms with van der Waals surface area (Å²) in [5, 5.41) is 7.14. The number of nitrogens with one attached hydrogen (secondary N) is 3. The predicted octanol–water partition coefficient (Wildman–Crippen LogP) is 2.14. The first-order valence-corrected chi connectivity index (χ1v) is 9.82. The van der Waals surface area contributed by atoms with Crippen molar-refractivity contribution in [1.29, 1.82) is 0 Å². The minimum Gasteiger partial charge on any atom is -0.335 e. The van der Waals surface area contributed by atoms with Gasteiger partial charge in [0.2, 0.25) is 5.91 Å². The lowest BCUT2D eigenvalue weighted by atomic mass is 9.86. The Balaban J connectivity index is 1.64. The highest BCUT2D eigenvalue weighted by Gasteiger charge is 2.51. The highest BCUT2D eigenvalue weighted by Crippen LogP contribution is 2.31. The standard InChI is InChI=1S/C20H24F2N4O4/c1-11-5-3-4-6-15(11)23-18(29)24-16(27)10-26-17(28)20(2,25-19(26)30)13-9-12(21)7-8-14(13)22/h7-9,11,15H,3-6,10H2,1-2H3,(H,25,30)(H2,23,24,27,29). The summed E-state index contributed by atoms with van der Waals surface area (Å²) in [6.07, 6.45) is 3.88. The molecule has 162 valence electrons. The molecular formula is C20H24F2N4O4. The molecule has 1 saturated heterocycles. The van der Waals surface area contributed by atoms with Crippen LogP contribution in [0.4, 0.5) is 18.4 Å². The number of imide groups is 2. The molecule has 8 nitrogen and oxygen atoms in total. The number of urea groups is 2. The number of carbonyl (C=O) groups is 4. The smallest absolute Gasteiger partial charge is 0.325 e. The number of carbonyl (C=O) groups excluding carboxylic acids is 4. The molecule has 1 aliphatic heterocycles. The van der Waals surface area contributed by atoms with Gasteiger partial charge < -0.3 is 10.6 Å². The maximum Gasteiger partial charge on any atom is 0.325 e. The van der Waals surface area contributed by atoms with E-state index in [2.05, 4.69) is 16.0 Å². The summed E-state index contributed by atoms with van der Waals surface area (Å²) in [5.41, 5.74) is -2.23. The van der Waals surface area contributed by atoms with Crippen LogP contribution in [-0.2, 0) is 15.1 Å². The summed E-state index contributed by atoms with van der Waals surface area (Å²) < 4.78 is 27.7. The fourth-order valence-electron chi connectivity index (χ4n) is 3.95. The lowest BCUT2D eigenvalue weighted by Gasteiger charge is -2.29. The molecule has 1 saturated carbocycles. The highest BCUT2D eigenvalue weighted by atomic mass is 19.1. The maximum atomic E-state index is 14.2. The fourth-order valence-corrected chi connectivity index (χ4v) is 3.95. The molecule has 10 heteroatoms. The molecule has 1 heterocycles. The molecule has 2 fully saturated rings. The Morgan fingerprint density at radius 3 is 2.63 bits per heavy atom. The van der Waals surface area contributed by atoms with E-state index >= 15 is 0 Å². The topological polar surface area (TPSA) is 108 Å². The zero-order valence-corrected chi connectivity index (χ0v) is 16.8. The van der Waals surface area contributed by atoms with Gasteiger partial charge in [-0.2, -0.15) is 0 Å². The summed E-state index contributed by atoms with van der Waals surface area (Å²) in [6.45, 7) is 2.51. The SMILES string of the molecule is CC1CCCCC1NC(=O)NC(=O)CN1C(=O)NC(C)(c2cc(F)ccc2F)C1=O. The molecule has 0 radical (unpaired) electrons. The van der Waals surface area contributed by atoms with Gasteiger partial charge in [0, 0.05) is 11.6 Å². The Morgan fingerprint density at radius 2 is 1.93 bits per heavy atom. The van der Waals surface area contributed by atoms with Crippen molar-refractivity contribution >= 4 is 23.9 Å². The van der Waals surface area contributed by atoms with E-state index in [9.17, 15) is 28.0 Å². The molecule has 1 aromatic rings. The van der Waals surface area contributed by atoms with Crippen molar-refractivity contribution in [3.05, 3.63) is 35.4 Å². The zero-order chi connectivity index (χ0) is 22.1. The number of rotatable bonds is 4. The van der Waals surface area contributed by atoms with Crippen molar-refractivity contribution < 1.29 is 28.0 Å².